The van der Waals surface area contributed by atoms with Crippen LogP contribution in [-0.4, -0.2) is 26.7 Å². The number of alkyl halides is 1. The van der Waals surface area contributed by atoms with Gasteiger partial charge in [-0.3, -0.25) is 0 Å². The van der Waals surface area contributed by atoms with Crippen molar-refractivity contribution in [3.05, 3.63) is 42.0 Å². The molecule has 0 fully saturated rings. The van der Waals surface area contributed by atoms with Crippen LogP contribution in [0.2, 0.25) is 0 Å². The molecule has 0 unspecified atom stereocenters. The van der Waals surface area contributed by atoms with Crippen molar-refractivity contribution in [3.63, 3.8) is 0 Å². The Hall–Kier alpha value is -1.29. The van der Waals surface area contributed by atoms with Gasteiger partial charge in [-0.25, -0.2) is 0 Å². The zero-order chi connectivity index (χ0) is 14.8. The van der Waals surface area contributed by atoms with Crippen LogP contribution >= 0.6 is 11.6 Å². The van der Waals surface area contributed by atoms with Gasteiger partial charge >= 0.3 is 0 Å². The van der Waals surface area contributed by atoms with Crippen LogP contribution in [0.25, 0.3) is 10.8 Å². The molecular weight excluding hydrogens is 276 g/mol. The summed E-state index contributed by atoms with van der Waals surface area (Å²) in [4.78, 5) is 0. The first-order valence-corrected chi connectivity index (χ1v) is 6.85. The van der Waals surface area contributed by atoms with E-state index in [0.717, 1.165) is 22.1 Å². The molecule has 0 bridgehead atoms. The number of methoxy groups -OCH3 is 3. The summed E-state index contributed by atoms with van der Waals surface area (Å²) >= 11 is 6.31. The van der Waals surface area contributed by atoms with E-state index in [2.05, 4.69) is 0 Å². The summed E-state index contributed by atoms with van der Waals surface area (Å²) in [5.41, 5.74) is 0.784. The Bertz CT molecular complexity index is 591. The lowest BCUT2D eigenvalue weighted by molar-refractivity contribution is -0.215. The van der Waals surface area contributed by atoms with Gasteiger partial charge in [0, 0.05) is 19.6 Å². The Balaban J connectivity index is 2.76. The molecule has 2 rings (SSSR count). The first-order valence-electron chi connectivity index (χ1n) is 6.41. The molecule has 2 aromatic rings. The van der Waals surface area contributed by atoms with Crippen molar-refractivity contribution in [3.8, 4) is 5.75 Å². The quantitative estimate of drug-likeness (QED) is 0.618. The standard InChI is InChI=1S/C16H19ClO3/c1-11(17)16(19-3,20-4)14-10-9-12-7-5-6-8-13(12)15(14)18-2/h5-11H,1-4H3/t11-/m0/s1. The van der Waals surface area contributed by atoms with Crippen molar-refractivity contribution in [1.82, 2.24) is 0 Å². The zero-order valence-corrected chi connectivity index (χ0v) is 12.9. The van der Waals surface area contributed by atoms with Crippen molar-refractivity contribution < 1.29 is 14.2 Å². The maximum Gasteiger partial charge on any atom is 0.214 e. The normalized spacial score (nSPS) is 13.4. The van der Waals surface area contributed by atoms with Gasteiger partial charge in [-0.15, -0.1) is 11.6 Å². The summed E-state index contributed by atoms with van der Waals surface area (Å²) < 4.78 is 16.8. The van der Waals surface area contributed by atoms with Crippen LogP contribution < -0.4 is 4.74 Å². The number of rotatable bonds is 5. The van der Waals surface area contributed by atoms with Crippen LogP contribution in [0.1, 0.15) is 12.5 Å². The first-order chi connectivity index (χ1) is 9.60. The molecule has 0 aliphatic heterocycles. The smallest absolute Gasteiger partial charge is 0.214 e. The fraction of sp³-hybridized carbons (Fsp3) is 0.375. The maximum absolute atomic E-state index is 6.31. The van der Waals surface area contributed by atoms with Crippen LogP contribution in [0.5, 0.6) is 5.75 Å². The molecule has 2 aromatic carbocycles. The number of fused-ring (bicyclic) bond motifs is 1. The van der Waals surface area contributed by atoms with Gasteiger partial charge in [-0.2, -0.15) is 0 Å². The minimum atomic E-state index is -1.04. The summed E-state index contributed by atoms with van der Waals surface area (Å²) in [6.45, 7) is 1.84. The minimum Gasteiger partial charge on any atom is -0.496 e. The molecular formula is C16H19ClO3. The largest absolute Gasteiger partial charge is 0.496 e. The molecule has 0 N–H and O–H groups in total. The molecule has 0 saturated carbocycles. The van der Waals surface area contributed by atoms with E-state index in [0.29, 0.717) is 0 Å². The van der Waals surface area contributed by atoms with Crippen molar-refractivity contribution in [1.29, 1.82) is 0 Å². The van der Waals surface area contributed by atoms with Gasteiger partial charge in [0.1, 0.15) is 5.75 Å². The van der Waals surface area contributed by atoms with Gasteiger partial charge in [0.05, 0.1) is 18.1 Å². The lowest BCUT2D eigenvalue weighted by atomic mass is 9.97. The van der Waals surface area contributed by atoms with Crippen LogP contribution in [0.15, 0.2) is 36.4 Å². The molecule has 108 valence electrons. The van der Waals surface area contributed by atoms with Crippen molar-refractivity contribution in [2.24, 2.45) is 0 Å². The van der Waals surface area contributed by atoms with Crippen molar-refractivity contribution in [2.45, 2.75) is 18.1 Å². The molecule has 4 heteroatoms. The van der Waals surface area contributed by atoms with E-state index < -0.39 is 5.79 Å². The van der Waals surface area contributed by atoms with Gasteiger partial charge in [0.25, 0.3) is 0 Å². The van der Waals surface area contributed by atoms with Gasteiger partial charge in [-0.05, 0) is 18.4 Å². The monoisotopic (exact) mass is 294 g/mol. The second kappa shape index (κ2) is 6.00. The van der Waals surface area contributed by atoms with Gasteiger partial charge in [0.2, 0.25) is 5.79 Å². The number of hydrogen-bond acceptors (Lipinski definition) is 3. The topological polar surface area (TPSA) is 27.7 Å². The highest BCUT2D eigenvalue weighted by Gasteiger charge is 2.40. The summed E-state index contributed by atoms with van der Waals surface area (Å²) in [5, 5.41) is 1.72. The second-order valence-electron chi connectivity index (χ2n) is 4.56. The van der Waals surface area contributed by atoms with E-state index in [1.165, 1.54) is 0 Å². The van der Waals surface area contributed by atoms with E-state index in [1.54, 1.807) is 21.3 Å². The van der Waals surface area contributed by atoms with E-state index in [9.17, 15) is 0 Å². The number of halogens is 1. The Morgan fingerprint density at radius 2 is 1.65 bits per heavy atom. The fourth-order valence-electron chi connectivity index (χ4n) is 2.58. The minimum absolute atomic E-state index is 0.382. The zero-order valence-electron chi connectivity index (χ0n) is 12.1. The second-order valence-corrected chi connectivity index (χ2v) is 5.21. The Morgan fingerprint density at radius 1 is 1.00 bits per heavy atom. The Kier molecular flexibility index (Phi) is 4.53. The van der Waals surface area contributed by atoms with Crippen LogP contribution in [0.4, 0.5) is 0 Å². The van der Waals surface area contributed by atoms with Crippen molar-refractivity contribution in [2.75, 3.05) is 21.3 Å². The SMILES string of the molecule is COc1c(C(OC)(OC)[C@H](C)Cl)ccc2ccccc12. The molecule has 0 spiro atoms. The summed E-state index contributed by atoms with van der Waals surface area (Å²) in [6.07, 6.45) is 0. The third kappa shape index (κ3) is 2.26. The fourth-order valence-corrected chi connectivity index (χ4v) is 2.88. The number of ether oxygens (including phenoxy) is 3. The first kappa shape index (κ1) is 15.1. The Morgan fingerprint density at radius 3 is 2.20 bits per heavy atom. The molecule has 1 atom stereocenters. The van der Waals surface area contributed by atoms with E-state index in [-0.39, 0.29) is 5.38 Å². The average Bonchev–Trinajstić information content (AvgIpc) is 2.48. The highest BCUT2D eigenvalue weighted by molar-refractivity contribution is 6.21. The predicted octanol–water partition coefficient (Wildman–Crippen LogP) is 3.92. The molecule has 0 amide bonds. The third-order valence-corrected chi connectivity index (χ3v) is 3.88. The molecule has 0 aromatic heterocycles. The van der Waals surface area contributed by atoms with Crippen LogP contribution in [0.3, 0.4) is 0 Å². The van der Waals surface area contributed by atoms with E-state index >= 15 is 0 Å². The predicted molar refractivity (Wildman–Crippen MR) is 81.5 cm³/mol. The Labute approximate surface area is 124 Å². The number of hydrogen-bond donors (Lipinski definition) is 0. The highest BCUT2D eigenvalue weighted by Crippen LogP contribution is 2.41. The summed E-state index contributed by atoms with van der Waals surface area (Å²) in [6, 6.07) is 12.0. The van der Waals surface area contributed by atoms with Crippen molar-refractivity contribution >= 4 is 22.4 Å². The van der Waals surface area contributed by atoms with Gasteiger partial charge in [-0.1, -0.05) is 30.3 Å². The molecule has 0 heterocycles. The van der Waals surface area contributed by atoms with Crippen LogP contribution in [-0.2, 0) is 15.3 Å². The number of benzene rings is 2. The molecule has 0 saturated heterocycles. The molecule has 3 nitrogen and oxygen atoms in total. The molecule has 0 aliphatic rings. The van der Waals surface area contributed by atoms with Gasteiger partial charge in [0.15, 0.2) is 0 Å². The van der Waals surface area contributed by atoms with E-state index in [4.69, 9.17) is 25.8 Å². The van der Waals surface area contributed by atoms with Crippen LogP contribution in [0, 0.1) is 0 Å². The highest BCUT2D eigenvalue weighted by atomic mass is 35.5. The summed E-state index contributed by atoms with van der Waals surface area (Å²) in [5.74, 6) is -0.323. The van der Waals surface area contributed by atoms with E-state index in [1.807, 2.05) is 43.3 Å². The average molecular weight is 295 g/mol. The van der Waals surface area contributed by atoms with Gasteiger partial charge < -0.3 is 14.2 Å². The summed E-state index contributed by atoms with van der Waals surface area (Å²) in [7, 11) is 4.80. The third-order valence-electron chi connectivity index (χ3n) is 3.59. The lowest BCUT2D eigenvalue weighted by Crippen LogP contribution is -2.39. The molecule has 0 aliphatic carbocycles. The molecule has 0 radical (unpaired) electrons. The lowest BCUT2D eigenvalue weighted by Gasteiger charge is -2.35. The molecule has 20 heavy (non-hydrogen) atoms. The maximum atomic E-state index is 6.31.